The van der Waals surface area contributed by atoms with Gasteiger partial charge in [0.25, 0.3) is 0 Å². The number of benzene rings is 3. The molecule has 0 amide bonds. The van der Waals surface area contributed by atoms with Gasteiger partial charge in [-0.2, -0.15) is 28.2 Å². The van der Waals surface area contributed by atoms with E-state index < -0.39 is 30.1 Å². The zero-order valence-corrected chi connectivity index (χ0v) is 28.7. The fourth-order valence-electron chi connectivity index (χ4n) is 6.99. The van der Waals surface area contributed by atoms with Crippen LogP contribution in [0.3, 0.4) is 0 Å². The number of ether oxygens (including phenoxy) is 2. The van der Waals surface area contributed by atoms with Gasteiger partial charge >= 0.3 is 12.1 Å². The first-order chi connectivity index (χ1) is 25.4. The molecule has 0 aliphatic carbocycles. The molecule has 7 rings (SSSR count). The number of nitrogen functional groups attached to an aromatic ring is 1. The minimum absolute atomic E-state index is 0.0394. The molecule has 2 aliphatic heterocycles. The highest BCUT2D eigenvalue weighted by Gasteiger charge is 2.46. The van der Waals surface area contributed by atoms with Crippen LogP contribution in [0.5, 0.6) is 11.6 Å². The van der Waals surface area contributed by atoms with Gasteiger partial charge in [-0.15, -0.1) is 0 Å². The third-order valence-corrected chi connectivity index (χ3v) is 9.83. The van der Waals surface area contributed by atoms with Gasteiger partial charge in [0.05, 0.1) is 11.4 Å². The van der Waals surface area contributed by atoms with E-state index >= 15 is 4.39 Å². The SMILES string of the molecule is Cc1ccn(-c2cc(-c3ccc(OCc4ccccc4)c(F)c3)ccc2[C@@H](Oc2cc(N3CCC4(CC3)CNC(C(=O)O)C4)nc(N)n2)C(F)(F)F)n1. The summed E-state index contributed by atoms with van der Waals surface area (Å²) in [5, 5.41) is 16.9. The summed E-state index contributed by atoms with van der Waals surface area (Å²) in [5.74, 6) is -1.80. The number of hydrogen-bond acceptors (Lipinski definition) is 9. The number of anilines is 2. The number of aryl methyl sites for hydroxylation is 1. The van der Waals surface area contributed by atoms with E-state index in [4.69, 9.17) is 15.2 Å². The number of piperidine rings is 1. The van der Waals surface area contributed by atoms with Crippen molar-refractivity contribution < 1.29 is 36.9 Å². The van der Waals surface area contributed by atoms with Crippen LogP contribution in [0.15, 0.2) is 85.1 Å². The molecular formula is C38H37F4N7O4. The Kier molecular flexibility index (Phi) is 9.68. The number of halogens is 4. The van der Waals surface area contributed by atoms with Crippen LogP contribution in [0.4, 0.5) is 29.3 Å². The van der Waals surface area contributed by atoms with Crippen LogP contribution in [0.25, 0.3) is 16.8 Å². The zero-order valence-electron chi connectivity index (χ0n) is 28.7. The minimum atomic E-state index is -4.91. The number of carboxylic acids is 1. The van der Waals surface area contributed by atoms with Crippen molar-refractivity contribution in [2.45, 2.75) is 51.1 Å². The molecule has 0 saturated carbocycles. The normalized spacial score (nSPS) is 17.5. The maximum atomic E-state index is 15.2. The standard InChI is InChI=1S/C38H37F4N7O4/c1-23-11-14-49(47-23)30-18-26(25-8-10-31(28(39)17-25)52-21-24-5-3-2-4-6-24)7-9-27(30)34(38(40,41)42)53-33-19-32(45-36(43)46-33)48-15-12-37(13-16-48)20-29(35(50)51)44-22-37/h2-11,14,17-19,29,34,44H,12-13,15-16,20-22H2,1H3,(H,50,51)(H2,43,45,46)/t29?,34-/m1/s1. The molecule has 0 bridgehead atoms. The molecule has 2 aliphatic rings. The Hall–Kier alpha value is -5.70. The lowest BCUT2D eigenvalue weighted by Gasteiger charge is -2.39. The summed E-state index contributed by atoms with van der Waals surface area (Å²) in [6.07, 6.45) is -4.02. The Labute approximate surface area is 302 Å². The lowest BCUT2D eigenvalue weighted by atomic mass is 9.76. The van der Waals surface area contributed by atoms with E-state index in [1.807, 2.05) is 35.2 Å². The van der Waals surface area contributed by atoms with E-state index in [2.05, 4.69) is 20.4 Å². The second-order valence-electron chi connectivity index (χ2n) is 13.5. The molecule has 0 radical (unpaired) electrons. The Morgan fingerprint density at radius 2 is 1.77 bits per heavy atom. The quantitative estimate of drug-likeness (QED) is 0.134. The molecule has 276 valence electrons. The summed E-state index contributed by atoms with van der Waals surface area (Å²) >= 11 is 0. The van der Waals surface area contributed by atoms with Crippen molar-refractivity contribution >= 4 is 17.7 Å². The van der Waals surface area contributed by atoms with Crippen molar-refractivity contribution in [3.8, 4) is 28.4 Å². The molecular weight excluding hydrogens is 694 g/mol. The zero-order chi connectivity index (χ0) is 37.3. The molecule has 3 aromatic carbocycles. The minimum Gasteiger partial charge on any atom is -0.486 e. The van der Waals surface area contributed by atoms with Gasteiger partial charge in [-0.1, -0.05) is 48.5 Å². The average Bonchev–Trinajstić information content (AvgIpc) is 3.76. The Morgan fingerprint density at radius 1 is 1.04 bits per heavy atom. The Balaban J connectivity index is 1.16. The Bertz CT molecular complexity index is 2100. The van der Waals surface area contributed by atoms with Crippen LogP contribution in [-0.4, -0.2) is 62.7 Å². The highest BCUT2D eigenvalue weighted by molar-refractivity contribution is 5.74. The number of nitrogens with two attached hydrogens (primary N) is 1. The predicted molar refractivity (Wildman–Crippen MR) is 188 cm³/mol. The van der Waals surface area contributed by atoms with Gasteiger partial charge in [0.2, 0.25) is 17.9 Å². The smallest absolute Gasteiger partial charge is 0.429 e. The fraction of sp³-hybridized carbons (Fsp3) is 0.316. The molecule has 4 N–H and O–H groups in total. The molecule has 2 saturated heterocycles. The van der Waals surface area contributed by atoms with E-state index in [1.165, 1.54) is 47.3 Å². The van der Waals surface area contributed by atoms with E-state index in [-0.39, 0.29) is 40.9 Å². The van der Waals surface area contributed by atoms with Gasteiger partial charge in [-0.3, -0.25) is 4.79 Å². The van der Waals surface area contributed by atoms with Gasteiger partial charge in [-0.05, 0) is 72.6 Å². The monoisotopic (exact) mass is 731 g/mol. The molecule has 1 spiro atoms. The van der Waals surface area contributed by atoms with Crippen LogP contribution in [0.1, 0.15) is 42.2 Å². The molecule has 4 heterocycles. The molecule has 11 nitrogen and oxygen atoms in total. The maximum absolute atomic E-state index is 15.2. The summed E-state index contributed by atoms with van der Waals surface area (Å²) in [6, 6.07) is 20.3. The van der Waals surface area contributed by atoms with Crippen molar-refractivity contribution in [1.29, 1.82) is 0 Å². The van der Waals surface area contributed by atoms with Gasteiger partial charge in [-0.25, -0.2) is 9.07 Å². The third kappa shape index (κ3) is 7.89. The first kappa shape index (κ1) is 35.7. The highest BCUT2D eigenvalue weighted by Crippen LogP contribution is 2.43. The summed E-state index contributed by atoms with van der Waals surface area (Å²) in [4.78, 5) is 21.7. The van der Waals surface area contributed by atoms with Crippen LogP contribution < -0.4 is 25.4 Å². The first-order valence-electron chi connectivity index (χ1n) is 17.1. The van der Waals surface area contributed by atoms with E-state index in [0.717, 1.165) is 5.56 Å². The van der Waals surface area contributed by atoms with Crippen LogP contribution in [0, 0.1) is 18.2 Å². The van der Waals surface area contributed by atoms with E-state index in [1.54, 1.807) is 19.1 Å². The first-order valence-corrected chi connectivity index (χ1v) is 17.1. The fourth-order valence-corrected chi connectivity index (χ4v) is 6.99. The van der Waals surface area contributed by atoms with Crippen molar-refractivity contribution in [3.05, 3.63) is 108 Å². The predicted octanol–water partition coefficient (Wildman–Crippen LogP) is 6.65. The van der Waals surface area contributed by atoms with E-state index in [9.17, 15) is 23.1 Å². The summed E-state index contributed by atoms with van der Waals surface area (Å²) < 4.78 is 72.8. The lowest BCUT2D eigenvalue weighted by molar-refractivity contribution is -0.198. The van der Waals surface area contributed by atoms with Crippen molar-refractivity contribution in [1.82, 2.24) is 25.1 Å². The average molecular weight is 732 g/mol. The van der Waals surface area contributed by atoms with Crippen molar-refractivity contribution in [3.63, 3.8) is 0 Å². The van der Waals surface area contributed by atoms with Gasteiger partial charge < -0.3 is 30.5 Å². The number of hydrogen-bond donors (Lipinski definition) is 3. The van der Waals surface area contributed by atoms with Crippen LogP contribution >= 0.6 is 0 Å². The number of alkyl halides is 3. The van der Waals surface area contributed by atoms with Gasteiger partial charge in [0.15, 0.2) is 11.6 Å². The second kappa shape index (κ2) is 14.4. The van der Waals surface area contributed by atoms with E-state index in [0.29, 0.717) is 61.5 Å². The number of aromatic nitrogens is 4. The lowest BCUT2D eigenvalue weighted by Crippen LogP contribution is -2.41. The van der Waals surface area contributed by atoms with Crippen molar-refractivity contribution in [2.24, 2.45) is 5.41 Å². The maximum Gasteiger partial charge on any atom is 0.429 e. The van der Waals surface area contributed by atoms with Gasteiger partial charge in [0.1, 0.15) is 18.5 Å². The molecule has 1 unspecified atom stereocenters. The molecule has 2 aromatic heterocycles. The molecule has 5 aromatic rings. The number of nitrogens with one attached hydrogen (secondary N) is 1. The third-order valence-electron chi connectivity index (χ3n) is 9.83. The number of nitrogens with zero attached hydrogens (tertiary/aromatic N) is 5. The Morgan fingerprint density at radius 3 is 2.43 bits per heavy atom. The van der Waals surface area contributed by atoms with Gasteiger partial charge in [0, 0.05) is 37.5 Å². The molecule has 53 heavy (non-hydrogen) atoms. The van der Waals surface area contributed by atoms with Crippen molar-refractivity contribution in [2.75, 3.05) is 30.3 Å². The largest absolute Gasteiger partial charge is 0.486 e. The molecule has 2 atom stereocenters. The summed E-state index contributed by atoms with van der Waals surface area (Å²) in [7, 11) is 0. The summed E-state index contributed by atoms with van der Waals surface area (Å²) in [6.45, 7) is 3.45. The number of aliphatic carboxylic acids is 1. The number of rotatable bonds is 10. The molecule has 2 fully saturated rings. The van der Waals surface area contributed by atoms with Crippen LogP contribution in [-0.2, 0) is 11.4 Å². The number of carbonyl (C=O) groups is 1. The molecule has 15 heteroatoms. The van der Waals surface area contributed by atoms with Crippen LogP contribution in [0.2, 0.25) is 0 Å². The highest BCUT2D eigenvalue weighted by atomic mass is 19.4. The number of carboxylic acid groups (broad SMARTS) is 1. The summed E-state index contributed by atoms with van der Waals surface area (Å²) in [5.41, 5.74) is 7.91. The second-order valence-corrected chi connectivity index (χ2v) is 13.5. The topological polar surface area (TPSA) is 141 Å².